The van der Waals surface area contributed by atoms with Crippen molar-refractivity contribution in [2.24, 2.45) is 4.99 Å². The SMILES string of the molecule is CCc1nc(CNC(=NC)N2CCN(c3cccs3)CC2)cs1.I. The first kappa shape index (κ1) is 19.5. The van der Waals surface area contributed by atoms with E-state index in [0.717, 1.165) is 50.8 Å². The van der Waals surface area contributed by atoms with Gasteiger partial charge in [0.25, 0.3) is 0 Å². The third kappa shape index (κ3) is 4.82. The van der Waals surface area contributed by atoms with Gasteiger partial charge in [-0.15, -0.1) is 46.7 Å². The van der Waals surface area contributed by atoms with E-state index in [2.05, 4.69) is 54.9 Å². The number of thiophene rings is 1. The number of hydrogen-bond acceptors (Lipinski definition) is 5. The van der Waals surface area contributed by atoms with Crippen molar-refractivity contribution in [1.82, 2.24) is 15.2 Å². The van der Waals surface area contributed by atoms with Gasteiger partial charge in [-0.05, 0) is 23.9 Å². The van der Waals surface area contributed by atoms with E-state index in [9.17, 15) is 0 Å². The molecule has 1 aliphatic rings. The molecule has 3 heterocycles. The first-order valence-corrected chi connectivity index (χ1v) is 9.73. The van der Waals surface area contributed by atoms with E-state index in [0.29, 0.717) is 0 Å². The van der Waals surface area contributed by atoms with E-state index >= 15 is 0 Å². The Morgan fingerprint density at radius 2 is 2.08 bits per heavy atom. The van der Waals surface area contributed by atoms with Crippen molar-refractivity contribution in [3.63, 3.8) is 0 Å². The molecule has 132 valence electrons. The van der Waals surface area contributed by atoms with Crippen LogP contribution in [0.3, 0.4) is 0 Å². The van der Waals surface area contributed by atoms with E-state index in [1.54, 1.807) is 11.3 Å². The summed E-state index contributed by atoms with van der Waals surface area (Å²) in [5.41, 5.74) is 1.10. The van der Waals surface area contributed by atoms with Gasteiger partial charge in [0.1, 0.15) is 0 Å². The van der Waals surface area contributed by atoms with Gasteiger partial charge in [0.2, 0.25) is 0 Å². The summed E-state index contributed by atoms with van der Waals surface area (Å²) in [6, 6.07) is 4.31. The number of piperazine rings is 1. The smallest absolute Gasteiger partial charge is 0.194 e. The lowest BCUT2D eigenvalue weighted by atomic mass is 10.3. The number of aliphatic imine (C=N–C) groups is 1. The minimum atomic E-state index is 0. The van der Waals surface area contributed by atoms with Gasteiger partial charge in [0, 0.05) is 38.6 Å². The summed E-state index contributed by atoms with van der Waals surface area (Å²) < 4.78 is 0. The lowest BCUT2D eigenvalue weighted by Gasteiger charge is -2.36. The molecule has 2 aromatic heterocycles. The number of anilines is 1. The molecule has 0 amide bonds. The normalized spacial score (nSPS) is 15.3. The number of hydrogen-bond donors (Lipinski definition) is 1. The van der Waals surface area contributed by atoms with Gasteiger partial charge in [-0.1, -0.05) is 6.92 Å². The summed E-state index contributed by atoms with van der Waals surface area (Å²) in [6.07, 6.45) is 1.00. The molecule has 0 aliphatic carbocycles. The highest BCUT2D eigenvalue weighted by molar-refractivity contribution is 14.0. The van der Waals surface area contributed by atoms with Gasteiger partial charge < -0.3 is 15.1 Å². The highest BCUT2D eigenvalue weighted by atomic mass is 127. The van der Waals surface area contributed by atoms with Crippen LogP contribution < -0.4 is 10.2 Å². The van der Waals surface area contributed by atoms with Crippen LogP contribution in [-0.4, -0.2) is 49.1 Å². The molecule has 0 saturated carbocycles. The molecule has 0 radical (unpaired) electrons. The van der Waals surface area contributed by atoms with Crippen LogP contribution in [0.25, 0.3) is 0 Å². The Bertz CT molecular complexity index is 633. The summed E-state index contributed by atoms with van der Waals surface area (Å²) >= 11 is 3.54. The minimum absolute atomic E-state index is 0. The maximum absolute atomic E-state index is 4.60. The topological polar surface area (TPSA) is 43.8 Å². The molecule has 1 N–H and O–H groups in total. The average Bonchev–Trinajstić information content (AvgIpc) is 3.28. The molecule has 24 heavy (non-hydrogen) atoms. The summed E-state index contributed by atoms with van der Waals surface area (Å²) in [6.45, 7) is 6.95. The van der Waals surface area contributed by atoms with Crippen molar-refractivity contribution in [2.45, 2.75) is 19.9 Å². The lowest BCUT2D eigenvalue weighted by Crippen LogP contribution is -2.52. The molecule has 0 aromatic carbocycles. The molecule has 1 fully saturated rings. The molecule has 1 saturated heterocycles. The molecular formula is C16H24IN5S2. The van der Waals surface area contributed by atoms with Crippen molar-refractivity contribution in [3.8, 4) is 0 Å². The van der Waals surface area contributed by atoms with E-state index < -0.39 is 0 Å². The number of rotatable bonds is 4. The molecule has 1 aliphatic heterocycles. The van der Waals surface area contributed by atoms with Gasteiger partial charge in [-0.3, -0.25) is 4.99 Å². The number of aryl methyl sites for hydroxylation is 1. The van der Waals surface area contributed by atoms with Crippen molar-refractivity contribution < 1.29 is 0 Å². The number of halogens is 1. The van der Waals surface area contributed by atoms with Crippen molar-refractivity contribution in [3.05, 3.63) is 33.6 Å². The minimum Gasteiger partial charge on any atom is -0.360 e. The summed E-state index contributed by atoms with van der Waals surface area (Å²) in [5.74, 6) is 0.974. The second kappa shape index (κ2) is 9.57. The monoisotopic (exact) mass is 477 g/mol. The second-order valence-corrected chi connectivity index (χ2v) is 7.28. The third-order valence-corrected chi connectivity index (χ3v) is 5.91. The molecule has 2 aromatic rings. The fraction of sp³-hybridized carbons (Fsp3) is 0.500. The molecule has 0 atom stereocenters. The number of nitrogens with one attached hydrogen (secondary N) is 1. The first-order chi connectivity index (χ1) is 11.3. The Hall–Kier alpha value is -0.870. The van der Waals surface area contributed by atoms with E-state index in [4.69, 9.17) is 0 Å². The Labute approximate surface area is 168 Å². The number of nitrogens with zero attached hydrogens (tertiary/aromatic N) is 4. The van der Waals surface area contributed by atoms with Crippen LogP contribution in [0.5, 0.6) is 0 Å². The molecular weight excluding hydrogens is 453 g/mol. The van der Waals surface area contributed by atoms with Crippen LogP contribution in [0.2, 0.25) is 0 Å². The predicted molar refractivity (Wildman–Crippen MR) is 115 cm³/mol. The fourth-order valence-corrected chi connectivity index (χ4v) is 4.21. The fourth-order valence-electron chi connectivity index (χ4n) is 2.68. The molecule has 0 bridgehead atoms. The van der Waals surface area contributed by atoms with Crippen molar-refractivity contribution >= 4 is 57.6 Å². The first-order valence-electron chi connectivity index (χ1n) is 7.97. The van der Waals surface area contributed by atoms with Crippen LogP contribution in [0, 0.1) is 0 Å². The van der Waals surface area contributed by atoms with Gasteiger partial charge in [0.15, 0.2) is 5.96 Å². The molecule has 0 unspecified atom stereocenters. The van der Waals surface area contributed by atoms with Crippen molar-refractivity contribution in [2.75, 3.05) is 38.1 Å². The summed E-state index contributed by atoms with van der Waals surface area (Å²) in [4.78, 5) is 13.8. The van der Waals surface area contributed by atoms with Crippen LogP contribution in [0.4, 0.5) is 5.00 Å². The maximum atomic E-state index is 4.60. The Morgan fingerprint density at radius 1 is 1.29 bits per heavy atom. The van der Waals surface area contributed by atoms with E-state index in [1.165, 1.54) is 10.0 Å². The third-order valence-electron chi connectivity index (χ3n) is 3.94. The van der Waals surface area contributed by atoms with Crippen LogP contribution in [0.1, 0.15) is 17.6 Å². The highest BCUT2D eigenvalue weighted by Crippen LogP contribution is 2.22. The molecule has 3 rings (SSSR count). The average molecular weight is 477 g/mol. The van der Waals surface area contributed by atoms with Gasteiger partial charge in [-0.2, -0.15) is 0 Å². The van der Waals surface area contributed by atoms with Crippen molar-refractivity contribution in [1.29, 1.82) is 0 Å². The lowest BCUT2D eigenvalue weighted by molar-refractivity contribution is 0.373. The van der Waals surface area contributed by atoms with Gasteiger partial charge in [0.05, 0.1) is 22.2 Å². The molecule has 0 spiro atoms. The Morgan fingerprint density at radius 3 is 2.67 bits per heavy atom. The largest absolute Gasteiger partial charge is 0.360 e. The number of guanidine groups is 1. The zero-order valence-corrected chi connectivity index (χ0v) is 18.0. The summed E-state index contributed by atoms with van der Waals surface area (Å²) in [5, 5.41) is 10.3. The Balaban J connectivity index is 0.00000208. The van der Waals surface area contributed by atoms with E-state index in [1.807, 2.05) is 18.4 Å². The predicted octanol–water partition coefficient (Wildman–Crippen LogP) is 3.28. The highest BCUT2D eigenvalue weighted by Gasteiger charge is 2.20. The molecule has 5 nitrogen and oxygen atoms in total. The van der Waals surface area contributed by atoms with Gasteiger partial charge >= 0.3 is 0 Å². The summed E-state index contributed by atoms with van der Waals surface area (Å²) in [7, 11) is 1.85. The van der Waals surface area contributed by atoms with Crippen LogP contribution >= 0.6 is 46.7 Å². The zero-order valence-electron chi connectivity index (χ0n) is 14.1. The Kier molecular flexibility index (Phi) is 7.76. The standard InChI is InChI=1S/C16H23N5S2.HI/c1-3-14-19-13(12-23-14)11-18-16(17-2)21-8-6-20(7-9-21)15-5-4-10-22-15;/h4-5,10,12H,3,6-9,11H2,1-2H3,(H,17,18);1H. The zero-order chi connectivity index (χ0) is 16.1. The number of thiazole rings is 1. The second-order valence-electron chi connectivity index (χ2n) is 5.41. The van der Waals surface area contributed by atoms with Gasteiger partial charge in [-0.25, -0.2) is 4.98 Å². The maximum Gasteiger partial charge on any atom is 0.194 e. The number of aromatic nitrogens is 1. The quantitative estimate of drug-likeness (QED) is 0.417. The van der Waals surface area contributed by atoms with E-state index in [-0.39, 0.29) is 24.0 Å². The molecule has 8 heteroatoms. The van der Waals surface area contributed by atoms with Crippen LogP contribution in [0.15, 0.2) is 27.9 Å². The van der Waals surface area contributed by atoms with Crippen LogP contribution in [-0.2, 0) is 13.0 Å².